The summed E-state index contributed by atoms with van der Waals surface area (Å²) in [5, 5.41) is 0.571. The van der Waals surface area contributed by atoms with E-state index in [1.807, 2.05) is 42.5 Å². The maximum atomic E-state index is 13.7. The molecule has 1 aliphatic rings. The third-order valence-electron chi connectivity index (χ3n) is 5.68. The minimum absolute atomic E-state index is 0.0903. The van der Waals surface area contributed by atoms with E-state index >= 15 is 0 Å². The Hall–Kier alpha value is -2.66. The number of rotatable bonds is 8. The molecular formula is C25H29ClN2O3. The number of benzene rings is 2. The fourth-order valence-electron chi connectivity index (χ4n) is 4.01. The normalized spacial score (nSPS) is 16.0. The molecule has 0 saturated heterocycles. The molecule has 1 amide bonds. The van der Waals surface area contributed by atoms with Crippen LogP contribution in [-0.2, 0) is 14.3 Å². The van der Waals surface area contributed by atoms with E-state index in [1.54, 1.807) is 17.9 Å². The summed E-state index contributed by atoms with van der Waals surface area (Å²) in [5.74, 6) is -0.313. The molecule has 0 radical (unpaired) electrons. The van der Waals surface area contributed by atoms with Crippen molar-refractivity contribution in [1.82, 2.24) is 0 Å². The first-order valence-corrected chi connectivity index (χ1v) is 11.3. The Labute approximate surface area is 189 Å². The number of fused-ring (bicyclic) bond motifs is 1. The number of anilines is 1. The van der Waals surface area contributed by atoms with E-state index in [2.05, 4.69) is 13.8 Å². The Bertz CT molecular complexity index is 954. The maximum absolute atomic E-state index is 13.7. The lowest BCUT2D eigenvalue weighted by atomic mass is 9.93. The third kappa shape index (κ3) is 5.16. The van der Waals surface area contributed by atoms with Crippen molar-refractivity contribution < 1.29 is 14.3 Å². The Morgan fingerprint density at radius 2 is 1.84 bits per heavy atom. The van der Waals surface area contributed by atoms with Crippen molar-refractivity contribution in [2.24, 2.45) is 10.9 Å². The average Bonchev–Trinajstić information content (AvgIpc) is 2.89. The smallest absolute Gasteiger partial charge is 0.307 e. The number of nitrogens with zero attached hydrogens (tertiary/aromatic N) is 2. The molecule has 1 atom stereocenters. The number of aliphatic imine (C=N–C) groups is 1. The van der Waals surface area contributed by atoms with Crippen molar-refractivity contribution in [2.45, 2.75) is 46.1 Å². The molecule has 3 rings (SSSR count). The largest absolute Gasteiger partial charge is 0.466 e. The van der Waals surface area contributed by atoms with Gasteiger partial charge in [0.15, 0.2) is 0 Å². The quantitative estimate of drug-likeness (QED) is 0.524. The molecule has 2 aromatic carbocycles. The second kappa shape index (κ2) is 10.6. The molecule has 0 unspecified atom stereocenters. The highest BCUT2D eigenvalue weighted by Crippen LogP contribution is 2.33. The summed E-state index contributed by atoms with van der Waals surface area (Å²) in [6.45, 7) is 6.49. The number of amides is 1. The van der Waals surface area contributed by atoms with Crippen molar-refractivity contribution in [3.8, 4) is 0 Å². The molecule has 164 valence electrons. The summed E-state index contributed by atoms with van der Waals surface area (Å²) in [5.41, 5.74) is 3.20. The van der Waals surface area contributed by atoms with Crippen LogP contribution in [0.1, 0.15) is 51.2 Å². The van der Waals surface area contributed by atoms with Crippen LogP contribution >= 0.6 is 11.6 Å². The number of ether oxygens (including phenoxy) is 1. The SMILES string of the molecule is CCOC(=O)CCN1C(=O)[C@H](C(CC)CC)N=C(c2ccccc2)c2cc(Cl)ccc21. The molecule has 0 bridgehead atoms. The fourth-order valence-corrected chi connectivity index (χ4v) is 4.18. The van der Waals surface area contributed by atoms with Gasteiger partial charge >= 0.3 is 5.97 Å². The number of halogens is 1. The predicted octanol–water partition coefficient (Wildman–Crippen LogP) is 5.28. The maximum Gasteiger partial charge on any atom is 0.307 e. The van der Waals surface area contributed by atoms with Gasteiger partial charge in [0.2, 0.25) is 0 Å². The van der Waals surface area contributed by atoms with Gasteiger partial charge in [0.05, 0.1) is 24.4 Å². The van der Waals surface area contributed by atoms with Crippen LogP contribution in [-0.4, -0.2) is 36.8 Å². The number of hydrogen-bond donors (Lipinski definition) is 0. The number of hydrogen-bond acceptors (Lipinski definition) is 4. The van der Waals surface area contributed by atoms with Crippen molar-refractivity contribution in [3.05, 3.63) is 64.7 Å². The standard InChI is InChI=1S/C25H29ClN2O3/c1-4-17(5-2)24-25(30)28(15-14-22(29)31-6-3)21-13-12-19(26)16-20(21)23(27-24)18-10-8-7-9-11-18/h7-13,16-17,24H,4-6,14-15H2,1-3H3/t24-/m0/s1. The summed E-state index contributed by atoms with van der Waals surface area (Å²) < 4.78 is 5.09. The van der Waals surface area contributed by atoms with Crippen LogP contribution < -0.4 is 4.90 Å². The van der Waals surface area contributed by atoms with Crippen LogP contribution in [0.5, 0.6) is 0 Å². The van der Waals surface area contributed by atoms with Gasteiger partial charge in [-0.05, 0) is 31.0 Å². The number of carbonyl (C=O) groups excluding carboxylic acids is 2. The van der Waals surface area contributed by atoms with Crippen LogP contribution in [0.4, 0.5) is 5.69 Å². The topological polar surface area (TPSA) is 59.0 Å². The van der Waals surface area contributed by atoms with Gasteiger partial charge in [-0.25, -0.2) is 0 Å². The average molecular weight is 441 g/mol. The summed E-state index contributed by atoms with van der Waals surface area (Å²) in [6.07, 6.45) is 1.79. The Morgan fingerprint density at radius 3 is 2.48 bits per heavy atom. The molecule has 0 fully saturated rings. The van der Waals surface area contributed by atoms with Gasteiger partial charge < -0.3 is 9.64 Å². The molecule has 0 aromatic heterocycles. The summed E-state index contributed by atoms with van der Waals surface area (Å²) in [4.78, 5) is 32.5. The molecule has 0 spiro atoms. The molecule has 31 heavy (non-hydrogen) atoms. The molecular weight excluding hydrogens is 412 g/mol. The molecule has 2 aromatic rings. The number of benzodiazepines with no additional fused rings is 1. The van der Waals surface area contributed by atoms with Crippen molar-refractivity contribution in [1.29, 1.82) is 0 Å². The minimum Gasteiger partial charge on any atom is -0.466 e. The van der Waals surface area contributed by atoms with E-state index in [0.29, 0.717) is 11.6 Å². The van der Waals surface area contributed by atoms with Crippen LogP contribution in [0, 0.1) is 5.92 Å². The van der Waals surface area contributed by atoms with Gasteiger partial charge in [-0.1, -0.05) is 68.6 Å². The minimum atomic E-state index is -0.529. The zero-order valence-corrected chi connectivity index (χ0v) is 19.1. The van der Waals surface area contributed by atoms with Gasteiger partial charge in [0, 0.05) is 22.7 Å². The molecule has 5 nitrogen and oxygen atoms in total. The van der Waals surface area contributed by atoms with Crippen LogP contribution in [0.2, 0.25) is 5.02 Å². The van der Waals surface area contributed by atoms with Gasteiger partial charge in [-0.15, -0.1) is 0 Å². The van der Waals surface area contributed by atoms with Crippen LogP contribution in [0.3, 0.4) is 0 Å². The van der Waals surface area contributed by atoms with Gasteiger partial charge in [-0.3, -0.25) is 14.6 Å². The Morgan fingerprint density at radius 1 is 1.13 bits per heavy atom. The van der Waals surface area contributed by atoms with E-state index in [4.69, 9.17) is 21.3 Å². The second-order valence-electron chi connectivity index (χ2n) is 7.57. The summed E-state index contributed by atoms with van der Waals surface area (Å²) in [6, 6.07) is 14.8. The summed E-state index contributed by atoms with van der Waals surface area (Å²) >= 11 is 6.36. The first-order valence-electron chi connectivity index (χ1n) is 10.9. The molecule has 0 saturated carbocycles. The zero-order chi connectivity index (χ0) is 22.4. The van der Waals surface area contributed by atoms with E-state index in [1.165, 1.54) is 0 Å². The van der Waals surface area contributed by atoms with Crippen molar-refractivity contribution in [3.63, 3.8) is 0 Å². The van der Waals surface area contributed by atoms with Crippen LogP contribution in [0.15, 0.2) is 53.5 Å². The van der Waals surface area contributed by atoms with Crippen molar-refractivity contribution >= 4 is 34.9 Å². The van der Waals surface area contributed by atoms with Crippen LogP contribution in [0.25, 0.3) is 0 Å². The fraction of sp³-hybridized carbons (Fsp3) is 0.400. The van der Waals surface area contributed by atoms with Gasteiger partial charge in [0.1, 0.15) is 6.04 Å². The molecule has 1 heterocycles. The van der Waals surface area contributed by atoms with Gasteiger partial charge in [0.25, 0.3) is 5.91 Å². The zero-order valence-electron chi connectivity index (χ0n) is 18.3. The highest BCUT2D eigenvalue weighted by molar-refractivity contribution is 6.32. The molecule has 0 aliphatic carbocycles. The highest BCUT2D eigenvalue weighted by Gasteiger charge is 2.35. The first kappa shape index (κ1) is 23.0. The van der Waals surface area contributed by atoms with E-state index in [0.717, 1.165) is 35.4 Å². The molecule has 6 heteroatoms. The number of esters is 1. The predicted molar refractivity (Wildman–Crippen MR) is 125 cm³/mol. The van der Waals surface area contributed by atoms with E-state index in [9.17, 15) is 9.59 Å². The second-order valence-corrected chi connectivity index (χ2v) is 8.01. The number of carbonyl (C=O) groups is 2. The Kier molecular flexibility index (Phi) is 7.85. The Balaban J connectivity index is 2.15. The first-order chi connectivity index (χ1) is 15.0. The third-order valence-corrected chi connectivity index (χ3v) is 5.91. The highest BCUT2D eigenvalue weighted by atomic mass is 35.5. The van der Waals surface area contributed by atoms with E-state index < -0.39 is 6.04 Å². The lowest BCUT2D eigenvalue weighted by Gasteiger charge is -2.28. The lowest BCUT2D eigenvalue weighted by Crippen LogP contribution is -2.42. The monoisotopic (exact) mass is 440 g/mol. The van der Waals surface area contributed by atoms with Crippen molar-refractivity contribution in [2.75, 3.05) is 18.1 Å². The van der Waals surface area contributed by atoms with Gasteiger partial charge in [-0.2, -0.15) is 0 Å². The lowest BCUT2D eigenvalue weighted by molar-refractivity contribution is -0.142. The summed E-state index contributed by atoms with van der Waals surface area (Å²) in [7, 11) is 0. The molecule has 1 aliphatic heterocycles. The molecule has 0 N–H and O–H groups in total. The van der Waals surface area contributed by atoms with E-state index in [-0.39, 0.29) is 30.8 Å².